The van der Waals surface area contributed by atoms with Crippen LogP contribution in [0.5, 0.6) is 23.0 Å². The van der Waals surface area contributed by atoms with Crippen LogP contribution in [0.2, 0.25) is 0 Å². The predicted octanol–water partition coefficient (Wildman–Crippen LogP) is 4.16. The van der Waals surface area contributed by atoms with Crippen molar-refractivity contribution in [2.75, 3.05) is 27.9 Å². The standard InChI is InChI=1S/C22H28O6/c1-5-7-16-18(12-10-17(21(16)23)22(24)27-4)28-13-6-8-15-9-11-19(25-2)20(14-15)26-3/h9-12,14,23H,5-8,13H2,1-4H3. The lowest BCUT2D eigenvalue weighted by molar-refractivity contribution is 0.0597. The number of hydrogen-bond donors (Lipinski definition) is 1. The summed E-state index contributed by atoms with van der Waals surface area (Å²) >= 11 is 0. The summed E-state index contributed by atoms with van der Waals surface area (Å²) < 4.78 is 21.2. The molecule has 0 heterocycles. The molecule has 0 aromatic heterocycles. The van der Waals surface area contributed by atoms with Gasteiger partial charge in [0.15, 0.2) is 11.5 Å². The normalized spacial score (nSPS) is 10.4. The van der Waals surface area contributed by atoms with E-state index in [-0.39, 0.29) is 11.3 Å². The molecule has 2 aromatic carbocycles. The van der Waals surface area contributed by atoms with E-state index in [1.807, 2.05) is 25.1 Å². The molecular weight excluding hydrogens is 360 g/mol. The Balaban J connectivity index is 2.02. The van der Waals surface area contributed by atoms with Crippen LogP contribution in [0.4, 0.5) is 0 Å². The van der Waals surface area contributed by atoms with E-state index in [2.05, 4.69) is 0 Å². The van der Waals surface area contributed by atoms with Crippen LogP contribution in [0.25, 0.3) is 0 Å². The number of aryl methyl sites for hydroxylation is 1. The second-order valence-electron chi connectivity index (χ2n) is 6.32. The van der Waals surface area contributed by atoms with Crippen LogP contribution in [0.1, 0.15) is 41.3 Å². The highest BCUT2D eigenvalue weighted by molar-refractivity contribution is 5.93. The summed E-state index contributed by atoms with van der Waals surface area (Å²) in [5.41, 5.74) is 1.92. The Labute approximate surface area is 166 Å². The highest BCUT2D eigenvalue weighted by Crippen LogP contribution is 2.33. The van der Waals surface area contributed by atoms with E-state index >= 15 is 0 Å². The zero-order valence-electron chi connectivity index (χ0n) is 16.9. The number of phenolic OH excluding ortho intramolecular Hbond substituents is 1. The average molecular weight is 388 g/mol. The monoisotopic (exact) mass is 388 g/mol. The second-order valence-corrected chi connectivity index (χ2v) is 6.32. The maximum absolute atomic E-state index is 11.8. The van der Waals surface area contributed by atoms with Gasteiger partial charge in [-0.25, -0.2) is 4.79 Å². The van der Waals surface area contributed by atoms with Gasteiger partial charge in [0.25, 0.3) is 0 Å². The van der Waals surface area contributed by atoms with E-state index in [1.165, 1.54) is 13.2 Å². The first-order chi connectivity index (χ1) is 13.5. The summed E-state index contributed by atoms with van der Waals surface area (Å²) in [6, 6.07) is 9.09. The molecule has 0 unspecified atom stereocenters. The number of carbonyl (C=O) groups is 1. The molecule has 152 valence electrons. The molecule has 0 aliphatic carbocycles. The van der Waals surface area contributed by atoms with Gasteiger partial charge in [0.05, 0.1) is 27.9 Å². The van der Waals surface area contributed by atoms with E-state index < -0.39 is 5.97 Å². The van der Waals surface area contributed by atoms with Crippen molar-refractivity contribution in [1.29, 1.82) is 0 Å². The van der Waals surface area contributed by atoms with Crippen molar-refractivity contribution in [2.45, 2.75) is 32.6 Å². The van der Waals surface area contributed by atoms with Gasteiger partial charge in [0.1, 0.15) is 17.1 Å². The Morgan fingerprint density at radius 3 is 2.32 bits per heavy atom. The fraction of sp³-hybridized carbons (Fsp3) is 0.409. The fourth-order valence-corrected chi connectivity index (χ4v) is 3.01. The molecule has 2 rings (SSSR count). The molecule has 2 aromatic rings. The van der Waals surface area contributed by atoms with Crippen molar-refractivity contribution < 1.29 is 28.8 Å². The minimum Gasteiger partial charge on any atom is -0.507 e. The average Bonchev–Trinajstić information content (AvgIpc) is 2.72. The highest BCUT2D eigenvalue weighted by Gasteiger charge is 2.18. The Bertz CT molecular complexity index is 800. The largest absolute Gasteiger partial charge is 0.507 e. The molecule has 0 spiro atoms. The van der Waals surface area contributed by atoms with Gasteiger partial charge in [-0.2, -0.15) is 0 Å². The number of esters is 1. The van der Waals surface area contributed by atoms with Gasteiger partial charge in [-0.15, -0.1) is 0 Å². The molecule has 28 heavy (non-hydrogen) atoms. The molecule has 0 aliphatic heterocycles. The number of aromatic hydroxyl groups is 1. The van der Waals surface area contributed by atoms with Gasteiger partial charge in [-0.05, 0) is 49.1 Å². The summed E-state index contributed by atoms with van der Waals surface area (Å²) in [4.78, 5) is 11.8. The third kappa shape index (κ3) is 5.09. The second kappa shape index (κ2) is 10.4. The van der Waals surface area contributed by atoms with Gasteiger partial charge in [0.2, 0.25) is 0 Å². The molecule has 0 atom stereocenters. The lowest BCUT2D eigenvalue weighted by atomic mass is 10.0. The van der Waals surface area contributed by atoms with Gasteiger partial charge in [-0.1, -0.05) is 19.4 Å². The fourth-order valence-electron chi connectivity index (χ4n) is 3.01. The topological polar surface area (TPSA) is 74.2 Å². The molecule has 0 amide bonds. The number of ether oxygens (including phenoxy) is 4. The summed E-state index contributed by atoms with van der Waals surface area (Å²) in [6.07, 6.45) is 3.04. The van der Waals surface area contributed by atoms with Crippen LogP contribution in [0.15, 0.2) is 30.3 Å². The zero-order chi connectivity index (χ0) is 20.5. The molecule has 0 aliphatic rings. The van der Waals surface area contributed by atoms with Crippen LogP contribution in [0, 0.1) is 0 Å². The Hall–Kier alpha value is -2.89. The van der Waals surface area contributed by atoms with Crippen LogP contribution in [-0.2, 0) is 17.6 Å². The summed E-state index contributed by atoms with van der Waals surface area (Å²) in [5.74, 6) is 1.38. The molecule has 0 radical (unpaired) electrons. The van der Waals surface area contributed by atoms with E-state index in [9.17, 15) is 9.90 Å². The van der Waals surface area contributed by atoms with Gasteiger partial charge >= 0.3 is 5.97 Å². The zero-order valence-corrected chi connectivity index (χ0v) is 16.9. The number of phenols is 1. The third-order valence-electron chi connectivity index (χ3n) is 4.46. The molecule has 6 heteroatoms. The number of benzene rings is 2. The van der Waals surface area contributed by atoms with Gasteiger partial charge < -0.3 is 24.1 Å². The lowest BCUT2D eigenvalue weighted by Crippen LogP contribution is -2.06. The first kappa shape index (κ1) is 21.4. The molecular formula is C22H28O6. The molecule has 1 N–H and O–H groups in total. The number of carbonyl (C=O) groups excluding carboxylic acids is 1. The van der Waals surface area contributed by atoms with Crippen molar-refractivity contribution in [2.24, 2.45) is 0 Å². The first-order valence-corrected chi connectivity index (χ1v) is 9.32. The lowest BCUT2D eigenvalue weighted by Gasteiger charge is -2.15. The van der Waals surface area contributed by atoms with Crippen molar-refractivity contribution in [3.8, 4) is 23.0 Å². The van der Waals surface area contributed by atoms with Crippen molar-refractivity contribution in [3.63, 3.8) is 0 Å². The van der Waals surface area contributed by atoms with Crippen LogP contribution in [-0.4, -0.2) is 39.0 Å². The summed E-state index contributed by atoms with van der Waals surface area (Å²) in [7, 11) is 4.52. The minimum atomic E-state index is -0.560. The first-order valence-electron chi connectivity index (χ1n) is 9.32. The SMILES string of the molecule is CCCc1c(OCCCc2ccc(OC)c(OC)c2)ccc(C(=O)OC)c1O. The van der Waals surface area contributed by atoms with Crippen LogP contribution < -0.4 is 14.2 Å². The van der Waals surface area contributed by atoms with E-state index in [0.717, 1.165) is 24.8 Å². The Morgan fingerprint density at radius 1 is 0.964 bits per heavy atom. The van der Waals surface area contributed by atoms with Gasteiger partial charge in [-0.3, -0.25) is 0 Å². The Morgan fingerprint density at radius 2 is 1.68 bits per heavy atom. The quantitative estimate of drug-likeness (QED) is 0.487. The molecule has 0 saturated carbocycles. The van der Waals surface area contributed by atoms with Crippen molar-refractivity contribution in [1.82, 2.24) is 0 Å². The maximum Gasteiger partial charge on any atom is 0.341 e. The number of methoxy groups -OCH3 is 3. The van der Waals surface area contributed by atoms with E-state index in [4.69, 9.17) is 18.9 Å². The molecule has 0 bridgehead atoms. The predicted molar refractivity (Wildman–Crippen MR) is 107 cm³/mol. The summed E-state index contributed by atoms with van der Waals surface area (Å²) in [5, 5.41) is 10.4. The van der Waals surface area contributed by atoms with Crippen LogP contribution in [0.3, 0.4) is 0 Å². The number of rotatable bonds is 10. The minimum absolute atomic E-state index is 0.0638. The highest BCUT2D eigenvalue weighted by atomic mass is 16.5. The molecule has 0 fully saturated rings. The van der Waals surface area contributed by atoms with Crippen molar-refractivity contribution >= 4 is 5.97 Å². The number of hydrogen-bond acceptors (Lipinski definition) is 6. The smallest absolute Gasteiger partial charge is 0.341 e. The van der Waals surface area contributed by atoms with Crippen LogP contribution >= 0.6 is 0 Å². The van der Waals surface area contributed by atoms with E-state index in [1.54, 1.807) is 20.3 Å². The Kier molecular flexibility index (Phi) is 7.99. The summed E-state index contributed by atoms with van der Waals surface area (Å²) in [6.45, 7) is 2.49. The third-order valence-corrected chi connectivity index (χ3v) is 4.46. The molecule has 0 saturated heterocycles. The van der Waals surface area contributed by atoms with Gasteiger partial charge in [0, 0.05) is 5.56 Å². The van der Waals surface area contributed by atoms with E-state index in [0.29, 0.717) is 35.8 Å². The maximum atomic E-state index is 11.8. The molecule has 6 nitrogen and oxygen atoms in total. The van der Waals surface area contributed by atoms with Crippen molar-refractivity contribution in [3.05, 3.63) is 47.0 Å².